The van der Waals surface area contributed by atoms with Crippen molar-refractivity contribution in [2.45, 2.75) is 25.3 Å². The van der Waals surface area contributed by atoms with Gasteiger partial charge in [-0.05, 0) is 71.7 Å². The van der Waals surface area contributed by atoms with Gasteiger partial charge < -0.3 is 9.84 Å². The van der Waals surface area contributed by atoms with Crippen LogP contribution in [0.15, 0.2) is 83.9 Å². The topological polar surface area (TPSA) is 76.0 Å². The van der Waals surface area contributed by atoms with E-state index in [4.69, 9.17) is 16.3 Å². The highest BCUT2D eigenvalue weighted by Gasteiger charge is 2.39. The number of carbonyl (C=O) groups excluding carboxylic acids is 1. The van der Waals surface area contributed by atoms with Crippen molar-refractivity contribution < 1.29 is 19.4 Å². The molecule has 3 aromatic carbocycles. The number of benzene rings is 3. The van der Waals surface area contributed by atoms with Gasteiger partial charge in [0.25, 0.3) is 0 Å². The maximum Gasteiger partial charge on any atom is 0.335 e. The molecule has 1 heterocycles. The molecule has 1 aliphatic heterocycles. The first kappa shape index (κ1) is 23.5. The van der Waals surface area contributed by atoms with E-state index in [2.05, 4.69) is 4.99 Å². The second-order valence-electron chi connectivity index (χ2n) is 8.10. The number of nitrogens with zero attached hydrogens (tertiary/aromatic N) is 1. The van der Waals surface area contributed by atoms with Gasteiger partial charge in [-0.15, -0.1) is 0 Å². The maximum absolute atomic E-state index is 13.6. The predicted octanol–water partition coefficient (Wildman–Crippen LogP) is 6.30. The summed E-state index contributed by atoms with van der Waals surface area (Å²) < 4.78 is 6.00. The highest BCUT2D eigenvalue weighted by molar-refractivity contribution is 6.34. The van der Waals surface area contributed by atoms with Gasteiger partial charge in [0.1, 0.15) is 11.3 Å². The van der Waals surface area contributed by atoms with Gasteiger partial charge in [0, 0.05) is 18.2 Å². The lowest BCUT2D eigenvalue weighted by Gasteiger charge is -2.25. The van der Waals surface area contributed by atoms with Gasteiger partial charge in [0.15, 0.2) is 5.78 Å². The highest BCUT2D eigenvalue weighted by atomic mass is 35.5. The van der Waals surface area contributed by atoms with Crippen LogP contribution in [-0.4, -0.2) is 35.2 Å². The summed E-state index contributed by atoms with van der Waals surface area (Å²) in [5.74, 6) is -0.510. The molecule has 4 rings (SSSR count). The molecule has 1 N–H and O–H groups in total. The number of aromatic carboxylic acids is 1. The molecule has 0 aliphatic carbocycles. The molecule has 6 heteroatoms. The predicted molar refractivity (Wildman–Crippen MR) is 134 cm³/mol. The fourth-order valence-electron chi connectivity index (χ4n) is 3.99. The highest BCUT2D eigenvalue weighted by Crippen LogP contribution is 2.35. The van der Waals surface area contributed by atoms with Crippen LogP contribution in [0.3, 0.4) is 0 Å². The third-order valence-electron chi connectivity index (χ3n) is 5.70. The van der Waals surface area contributed by atoms with E-state index in [1.165, 1.54) is 0 Å². The Labute approximate surface area is 203 Å². The molecule has 0 spiro atoms. The summed E-state index contributed by atoms with van der Waals surface area (Å²) in [4.78, 5) is 29.6. The Bertz CT molecular complexity index is 1280. The Morgan fingerprint density at radius 3 is 2.53 bits per heavy atom. The monoisotopic (exact) mass is 473 g/mol. The van der Waals surface area contributed by atoms with E-state index in [-0.39, 0.29) is 17.8 Å². The molecule has 1 atom stereocenters. The van der Waals surface area contributed by atoms with E-state index in [0.717, 1.165) is 23.1 Å². The van der Waals surface area contributed by atoms with Crippen LogP contribution < -0.4 is 4.74 Å². The second kappa shape index (κ2) is 10.1. The van der Waals surface area contributed by atoms with Crippen molar-refractivity contribution in [3.8, 4) is 16.9 Å². The molecule has 0 saturated carbocycles. The van der Waals surface area contributed by atoms with Gasteiger partial charge in [-0.2, -0.15) is 0 Å². The average molecular weight is 474 g/mol. The minimum Gasteiger partial charge on any atom is -0.493 e. The number of carboxylic acids is 1. The Hall–Kier alpha value is -3.70. The largest absolute Gasteiger partial charge is 0.493 e. The van der Waals surface area contributed by atoms with E-state index in [1.54, 1.807) is 60.8 Å². The van der Waals surface area contributed by atoms with Crippen molar-refractivity contribution in [1.82, 2.24) is 0 Å². The summed E-state index contributed by atoms with van der Waals surface area (Å²) in [6.45, 7) is 2.56. The van der Waals surface area contributed by atoms with Gasteiger partial charge in [-0.1, -0.05) is 48.9 Å². The molecule has 0 amide bonds. The maximum atomic E-state index is 13.6. The lowest BCUT2D eigenvalue weighted by atomic mass is 9.83. The average Bonchev–Trinajstić information content (AvgIpc) is 3.33. The summed E-state index contributed by atoms with van der Waals surface area (Å²) in [7, 11) is 0. The summed E-state index contributed by atoms with van der Waals surface area (Å²) in [5, 5.41) is 9.75. The van der Waals surface area contributed by atoms with E-state index >= 15 is 0 Å². The fourth-order valence-corrected chi connectivity index (χ4v) is 4.21. The lowest BCUT2D eigenvalue weighted by molar-refractivity contribution is 0.0696. The fraction of sp³-hybridized carbons (Fsp3) is 0.179. The number of hydrogen-bond acceptors (Lipinski definition) is 4. The van der Waals surface area contributed by atoms with Crippen LogP contribution in [0.2, 0.25) is 5.02 Å². The minimum atomic E-state index is -1.14. The van der Waals surface area contributed by atoms with E-state index in [0.29, 0.717) is 22.9 Å². The Morgan fingerprint density at radius 1 is 1.03 bits per heavy atom. The zero-order valence-corrected chi connectivity index (χ0v) is 19.5. The number of hydrogen-bond donors (Lipinski definition) is 1. The van der Waals surface area contributed by atoms with Gasteiger partial charge >= 0.3 is 5.97 Å². The molecule has 1 unspecified atom stereocenters. The second-order valence-corrected chi connectivity index (χ2v) is 8.51. The number of allylic oxidation sites excluding steroid dienone is 1. The molecule has 0 bridgehead atoms. The molecule has 3 aromatic rings. The molecule has 172 valence electrons. The van der Waals surface area contributed by atoms with Crippen molar-refractivity contribution in [3.05, 3.63) is 101 Å². The Kier molecular flexibility index (Phi) is 6.94. The number of ether oxygens (including phenoxy) is 1. The molecular weight excluding hydrogens is 450 g/mol. The number of carboxylic acid groups (broad SMARTS) is 1. The number of carbonyl (C=O) groups is 2. The number of halogens is 1. The van der Waals surface area contributed by atoms with Crippen LogP contribution >= 0.6 is 11.6 Å². The van der Waals surface area contributed by atoms with E-state index in [9.17, 15) is 14.7 Å². The first-order chi connectivity index (χ1) is 16.4. The third-order valence-corrected chi connectivity index (χ3v) is 6.03. The molecule has 0 fully saturated rings. The quantitative estimate of drug-likeness (QED) is 0.370. The standard InChI is InChI=1S/C28H24ClNO4/c1-2-15-34-25-12-11-20(19-7-5-8-21(16-19)27(32)33)17-22(25)18-28(13-6-14-30-28)26(31)23-9-3-4-10-24(23)29/h3-14,16-17H,2,15,18H2,1H3,(H,32,33). The number of rotatable bonds is 9. The molecule has 0 saturated heterocycles. The summed E-state index contributed by atoms with van der Waals surface area (Å²) in [6.07, 6.45) is 6.29. The van der Waals surface area contributed by atoms with Crippen molar-refractivity contribution >= 4 is 29.6 Å². The molecule has 0 aromatic heterocycles. The van der Waals surface area contributed by atoms with Crippen LogP contribution in [0, 0.1) is 0 Å². The molecule has 5 nitrogen and oxygen atoms in total. The zero-order chi connectivity index (χ0) is 24.1. The van der Waals surface area contributed by atoms with Gasteiger partial charge in [0.2, 0.25) is 0 Å². The molecule has 34 heavy (non-hydrogen) atoms. The summed E-state index contributed by atoms with van der Waals surface area (Å²) >= 11 is 6.34. The van der Waals surface area contributed by atoms with Gasteiger partial charge in [-0.3, -0.25) is 9.79 Å². The smallest absolute Gasteiger partial charge is 0.335 e. The summed E-state index contributed by atoms with van der Waals surface area (Å²) in [5.41, 5.74) is 1.87. The number of ketones is 1. The van der Waals surface area contributed by atoms with Gasteiger partial charge in [0.05, 0.1) is 17.2 Å². The van der Waals surface area contributed by atoms with Crippen LogP contribution in [0.5, 0.6) is 5.75 Å². The van der Waals surface area contributed by atoms with Gasteiger partial charge in [-0.25, -0.2) is 4.79 Å². The van der Waals surface area contributed by atoms with Crippen molar-refractivity contribution in [2.75, 3.05) is 6.61 Å². The molecule has 0 radical (unpaired) electrons. The van der Waals surface area contributed by atoms with E-state index in [1.807, 2.05) is 31.2 Å². The lowest BCUT2D eigenvalue weighted by Crippen LogP contribution is -2.36. The van der Waals surface area contributed by atoms with Crippen LogP contribution in [0.1, 0.15) is 39.6 Å². The SMILES string of the molecule is CCCOc1ccc(-c2cccc(C(=O)O)c2)cc1CC1(C(=O)c2ccccc2Cl)C=CC=N1. The normalized spacial score (nSPS) is 16.5. The Balaban J connectivity index is 1.77. The first-order valence-corrected chi connectivity index (χ1v) is 11.4. The van der Waals surface area contributed by atoms with Crippen LogP contribution in [-0.2, 0) is 6.42 Å². The minimum absolute atomic E-state index is 0.192. The number of aliphatic imine (C=N–C) groups is 1. The van der Waals surface area contributed by atoms with E-state index < -0.39 is 11.5 Å². The van der Waals surface area contributed by atoms with Crippen molar-refractivity contribution in [1.29, 1.82) is 0 Å². The third kappa shape index (κ3) is 4.80. The van der Waals surface area contributed by atoms with Crippen molar-refractivity contribution in [2.24, 2.45) is 4.99 Å². The Morgan fingerprint density at radius 2 is 1.82 bits per heavy atom. The van der Waals surface area contributed by atoms with Crippen LogP contribution in [0.4, 0.5) is 0 Å². The van der Waals surface area contributed by atoms with Crippen LogP contribution in [0.25, 0.3) is 11.1 Å². The number of Topliss-reactive ketones (excluding diaryl/α,β-unsaturated/α-hetero) is 1. The van der Waals surface area contributed by atoms with Crippen molar-refractivity contribution in [3.63, 3.8) is 0 Å². The molecule has 1 aliphatic rings. The zero-order valence-electron chi connectivity index (χ0n) is 18.7. The first-order valence-electron chi connectivity index (χ1n) is 11.1. The summed E-state index contributed by atoms with van der Waals surface area (Å²) in [6, 6.07) is 19.4. The molecular formula is C28H24ClNO4.